The molecule has 1 saturated heterocycles. The lowest BCUT2D eigenvalue weighted by Crippen LogP contribution is -2.43. The number of rotatable bonds is 3. The summed E-state index contributed by atoms with van der Waals surface area (Å²) in [6, 6.07) is 1.46. The fraction of sp³-hybridized carbons (Fsp3) is 0.688. The van der Waals surface area contributed by atoms with Crippen LogP contribution < -0.4 is 0 Å². The van der Waals surface area contributed by atoms with Crippen molar-refractivity contribution in [3.05, 3.63) is 17.5 Å². The van der Waals surface area contributed by atoms with Crippen LogP contribution in [0.4, 0.5) is 4.79 Å². The molecule has 0 bridgehead atoms. The molecule has 134 valence electrons. The summed E-state index contributed by atoms with van der Waals surface area (Å²) in [5.41, 5.74) is 0.541. The predicted molar refractivity (Wildman–Crippen MR) is 89.2 cm³/mol. The minimum absolute atomic E-state index is 0.00354. The Bertz CT molecular complexity index is 609. The lowest BCUT2D eigenvalue weighted by Gasteiger charge is -2.34. The van der Waals surface area contributed by atoms with Crippen molar-refractivity contribution in [3.63, 3.8) is 0 Å². The quantitative estimate of drug-likeness (QED) is 0.613. The average Bonchev–Trinajstić information content (AvgIpc) is 2.88. The Morgan fingerprint density at radius 2 is 2.12 bits per heavy atom. The van der Waals surface area contributed by atoms with E-state index >= 15 is 0 Å². The molecule has 1 aliphatic heterocycles. The molecule has 8 heteroatoms. The van der Waals surface area contributed by atoms with E-state index in [1.54, 1.807) is 15.6 Å². The molecule has 1 aromatic heterocycles. The Hall–Kier alpha value is -1.76. The zero-order valence-corrected chi connectivity index (χ0v) is 15.3. The number of hydrogen-bond acceptors (Lipinski definition) is 5. The highest BCUT2D eigenvalue weighted by Gasteiger charge is 2.30. The molecule has 1 amide bonds. The smallest absolute Gasteiger partial charge is 0.410 e. The number of alkyl halides is 1. The van der Waals surface area contributed by atoms with Crippen LogP contribution in [0.25, 0.3) is 0 Å². The molecule has 7 nitrogen and oxygen atoms in total. The Morgan fingerprint density at radius 3 is 2.75 bits per heavy atom. The maximum atomic E-state index is 12.3. The highest BCUT2D eigenvalue weighted by atomic mass is 35.5. The second-order valence-electron chi connectivity index (χ2n) is 6.88. The summed E-state index contributed by atoms with van der Waals surface area (Å²) in [4.78, 5) is 25.7. The summed E-state index contributed by atoms with van der Waals surface area (Å²) < 4.78 is 12.0. The van der Waals surface area contributed by atoms with Gasteiger partial charge in [-0.05, 0) is 46.6 Å². The van der Waals surface area contributed by atoms with E-state index in [1.165, 1.54) is 0 Å². The van der Waals surface area contributed by atoms with E-state index in [4.69, 9.17) is 21.1 Å². The summed E-state index contributed by atoms with van der Waals surface area (Å²) in [5, 5.41) is 4.33. The van der Waals surface area contributed by atoms with Crippen molar-refractivity contribution < 1.29 is 19.1 Å². The molecule has 1 fully saturated rings. The second-order valence-corrected chi connectivity index (χ2v) is 7.10. The van der Waals surface area contributed by atoms with Crippen LogP contribution >= 0.6 is 11.6 Å². The lowest BCUT2D eigenvalue weighted by atomic mass is 10.1. The molecule has 0 N–H and O–H groups in total. The SMILES string of the molecule is Cc1cc(C(=O)OCCl)nn1C1CCCN(C(=O)OC(C)(C)C)C1. The molecule has 1 atom stereocenters. The minimum atomic E-state index is -0.549. The maximum Gasteiger partial charge on any atom is 0.410 e. The largest absolute Gasteiger partial charge is 0.445 e. The van der Waals surface area contributed by atoms with E-state index in [1.807, 2.05) is 27.7 Å². The number of hydrogen-bond donors (Lipinski definition) is 0. The number of ether oxygens (including phenoxy) is 2. The summed E-state index contributed by atoms with van der Waals surface area (Å²) in [6.07, 6.45) is 1.41. The summed E-state index contributed by atoms with van der Waals surface area (Å²) in [6.45, 7) is 8.57. The molecule has 0 aromatic carbocycles. The van der Waals surface area contributed by atoms with E-state index < -0.39 is 11.6 Å². The van der Waals surface area contributed by atoms with Gasteiger partial charge in [-0.2, -0.15) is 5.10 Å². The summed E-state index contributed by atoms with van der Waals surface area (Å²) >= 11 is 5.41. The number of likely N-dealkylation sites (tertiary alicyclic amines) is 1. The number of halogens is 1. The zero-order valence-electron chi connectivity index (χ0n) is 14.5. The van der Waals surface area contributed by atoms with Gasteiger partial charge in [-0.1, -0.05) is 11.6 Å². The number of carbonyl (C=O) groups excluding carboxylic acids is 2. The molecule has 0 saturated carbocycles. The fourth-order valence-electron chi connectivity index (χ4n) is 2.73. The first-order valence-corrected chi connectivity index (χ1v) is 8.52. The maximum absolute atomic E-state index is 12.3. The van der Waals surface area contributed by atoms with Gasteiger partial charge in [0.25, 0.3) is 0 Å². The van der Waals surface area contributed by atoms with Crippen LogP contribution in [0.5, 0.6) is 0 Å². The molecule has 0 radical (unpaired) electrons. The van der Waals surface area contributed by atoms with Gasteiger partial charge in [-0.3, -0.25) is 4.68 Å². The summed E-state index contributed by atoms with van der Waals surface area (Å²) in [5.74, 6) is -0.549. The van der Waals surface area contributed by atoms with Gasteiger partial charge in [0, 0.05) is 18.8 Å². The summed E-state index contributed by atoms with van der Waals surface area (Å²) in [7, 11) is 0. The number of aryl methyl sites for hydroxylation is 1. The molecule has 1 unspecified atom stereocenters. The zero-order chi connectivity index (χ0) is 17.9. The predicted octanol–water partition coefficient (Wildman–Crippen LogP) is 3.12. The molecule has 0 spiro atoms. The van der Waals surface area contributed by atoms with Crippen molar-refractivity contribution in [2.75, 3.05) is 19.2 Å². The Balaban J connectivity index is 2.09. The molecule has 2 rings (SSSR count). The normalized spacial score (nSPS) is 18.4. The minimum Gasteiger partial charge on any atom is -0.445 e. The first kappa shape index (κ1) is 18.6. The Labute approximate surface area is 146 Å². The van der Waals surface area contributed by atoms with Crippen LogP contribution in [0.2, 0.25) is 0 Å². The van der Waals surface area contributed by atoms with Crippen LogP contribution in [-0.4, -0.2) is 51.5 Å². The van der Waals surface area contributed by atoms with Gasteiger partial charge in [0.1, 0.15) is 5.60 Å². The molecular weight excluding hydrogens is 334 g/mol. The van der Waals surface area contributed by atoms with Crippen LogP contribution in [0, 0.1) is 6.92 Å². The molecule has 2 heterocycles. The van der Waals surface area contributed by atoms with Gasteiger partial charge in [0.15, 0.2) is 11.8 Å². The van der Waals surface area contributed by atoms with Gasteiger partial charge in [-0.25, -0.2) is 9.59 Å². The van der Waals surface area contributed by atoms with Crippen LogP contribution in [0.1, 0.15) is 55.8 Å². The third-order valence-corrected chi connectivity index (χ3v) is 3.82. The van der Waals surface area contributed by atoms with E-state index in [0.717, 1.165) is 18.5 Å². The van der Waals surface area contributed by atoms with Crippen molar-refractivity contribution in [1.29, 1.82) is 0 Å². The highest BCUT2D eigenvalue weighted by Crippen LogP contribution is 2.24. The molecule has 1 aliphatic rings. The fourth-order valence-corrected chi connectivity index (χ4v) is 2.83. The van der Waals surface area contributed by atoms with Crippen LogP contribution in [0.3, 0.4) is 0 Å². The highest BCUT2D eigenvalue weighted by molar-refractivity contribution is 6.17. The van der Waals surface area contributed by atoms with Crippen LogP contribution in [0.15, 0.2) is 6.07 Å². The number of esters is 1. The van der Waals surface area contributed by atoms with Gasteiger partial charge in [-0.15, -0.1) is 0 Å². The third kappa shape index (κ3) is 4.63. The molecule has 0 aliphatic carbocycles. The van der Waals surface area contributed by atoms with E-state index in [2.05, 4.69) is 5.10 Å². The third-order valence-electron chi connectivity index (χ3n) is 3.71. The first-order chi connectivity index (χ1) is 11.2. The molecular formula is C16H24ClN3O4. The standard InChI is InChI=1S/C16H24ClN3O4/c1-11-8-13(14(21)23-10-17)18-20(11)12-6-5-7-19(9-12)15(22)24-16(2,3)4/h8,12H,5-7,9-10H2,1-4H3. The number of piperidine rings is 1. The lowest BCUT2D eigenvalue weighted by molar-refractivity contribution is 0.0165. The Morgan fingerprint density at radius 1 is 1.42 bits per heavy atom. The topological polar surface area (TPSA) is 73.7 Å². The van der Waals surface area contributed by atoms with Gasteiger partial charge >= 0.3 is 12.1 Å². The van der Waals surface area contributed by atoms with E-state index in [9.17, 15) is 9.59 Å². The molecule has 1 aromatic rings. The average molecular weight is 358 g/mol. The number of amides is 1. The van der Waals surface area contributed by atoms with Crippen molar-refractivity contribution >= 4 is 23.7 Å². The van der Waals surface area contributed by atoms with Gasteiger partial charge in [0.2, 0.25) is 0 Å². The van der Waals surface area contributed by atoms with Crippen molar-refractivity contribution in [3.8, 4) is 0 Å². The first-order valence-electron chi connectivity index (χ1n) is 7.98. The Kier molecular flexibility index (Phi) is 5.74. The van der Waals surface area contributed by atoms with E-state index in [0.29, 0.717) is 13.1 Å². The van der Waals surface area contributed by atoms with Crippen LogP contribution in [-0.2, 0) is 9.47 Å². The van der Waals surface area contributed by atoms with Crippen molar-refractivity contribution in [2.45, 2.75) is 52.2 Å². The number of nitrogens with zero attached hydrogens (tertiary/aromatic N) is 3. The molecule has 24 heavy (non-hydrogen) atoms. The monoisotopic (exact) mass is 357 g/mol. The van der Waals surface area contributed by atoms with Crippen molar-refractivity contribution in [1.82, 2.24) is 14.7 Å². The number of aromatic nitrogens is 2. The van der Waals surface area contributed by atoms with Gasteiger partial charge in [0.05, 0.1) is 6.04 Å². The number of carbonyl (C=O) groups is 2. The van der Waals surface area contributed by atoms with E-state index in [-0.39, 0.29) is 23.9 Å². The second kappa shape index (κ2) is 7.42. The van der Waals surface area contributed by atoms with Gasteiger partial charge < -0.3 is 14.4 Å². The van der Waals surface area contributed by atoms with Crippen molar-refractivity contribution in [2.24, 2.45) is 0 Å².